The molecule has 0 saturated carbocycles. The Morgan fingerprint density at radius 2 is 1.42 bits per heavy atom. The number of carbonyl (C=O) groups is 1. The van der Waals surface area contributed by atoms with Crippen LogP contribution >= 0.6 is 15.9 Å². The summed E-state index contributed by atoms with van der Waals surface area (Å²) in [5, 5.41) is 2.91. The van der Waals surface area contributed by atoms with E-state index in [4.69, 9.17) is 4.74 Å². The molecule has 4 heteroatoms. The Labute approximate surface area is 194 Å². The van der Waals surface area contributed by atoms with Crippen molar-refractivity contribution < 1.29 is 9.53 Å². The van der Waals surface area contributed by atoms with Crippen LogP contribution < -0.4 is 10.1 Å². The fourth-order valence-corrected chi connectivity index (χ4v) is 3.89. The van der Waals surface area contributed by atoms with E-state index in [1.165, 1.54) is 16.7 Å². The molecular formula is C27H30BrNO2. The smallest absolute Gasteiger partial charge is 0.262 e. The van der Waals surface area contributed by atoms with Gasteiger partial charge in [-0.25, -0.2) is 0 Å². The summed E-state index contributed by atoms with van der Waals surface area (Å²) < 4.78 is 6.57. The molecule has 0 aromatic heterocycles. The Balaban J connectivity index is 1.60. The molecular weight excluding hydrogens is 450 g/mol. The first-order valence-corrected chi connectivity index (χ1v) is 11.3. The van der Waals surface area contributed by atoms with Crippen molar-refractivity contribution >= 4 is 27.5 Å². The molecule has 0 bridgehead atoms. The van der Waals surface area contributed by atoms with Gasteiger partial charge in [0.05, 0.1) is 5.69 Å². The molecule has 162 valence electrons. The maximum atomic E-state index is 12.4. The summed E-state index contributed by atoms with van der Waals surface area (Å²) in [7, 11) is 0. The van der Waals surface area contributed by atoms with Crippen molar-refractivity contribution in [3.05, 3.63) is 94.0 Å². The standard InChI is InChI=1S/C27H30BrNO2/c1-26(2,3)21-13-16-24(23(28)17-21)29-25(30)18-31-22-14-11-20(12-15-22)27(4,5)19-9-7-6-8-10-19/h6-17H,18H2,1-5H3,(H,29,30). The molecule has 0 radical (unpaired) electrons. The van der Waals surface area contributed by atoms with Gasteiger partial charge in [-0.3, -0.25) is 4.79 Å². The minimum Gasteiger partial charge on any atom is -0.484 e. The Morgan fingerprint density at radius 3 is 2.00 bits per heavy atom. The Hall–Kier alpha value is -2.59. The van der Waals surface area contributed by atoms with Crippen molar-refractivity contribution in [2.24, 2.45) is 0 Å². The van der Waals surface area contributed by atoms with Gasteiger partial charge in [0.2, 0.25) is 0 Å². The van der Waals surface area contributed by atoms with E-state index in [2.05, 4.69) is 92.3 Å². The first kappa shape index (κ1) is 23.1. The highest BCUT2D eigenvalue weighted by Gasteiger charge is 2.22. The predicted octanol–water partition coefficient (Wildman–Crippen LogP) is 7.09. The summed E-state index contributed by atoms with van der Waals surface area (Å²) in [6.07, 6.45) is 0. The monoisotopic (exact) mass is 479 g/mol. The van der Waals surface area contributed by atoms with E-state index in [1.807, 2.05) is 36.4 Å². The molecule has 0 aliphatic heterocycles. The Bertz CT molecular complexity index is 1040. The van der Waals surface area contributed by atoms with Crippen molar-refractivity contribution in [1.82, 2.24) is 0 Å². The van der Waals surface area contributed by atoms with Gasteiger partial charge in [-0.1, -0.05) is 83.1 Å². The second kappa shape index (κ2) is 9.27. The van der Waals surface area contributed by atoms with Crippen LogP contribution in [0, 0.1) is 0 Å². The number of anilines is 1. The third kappa shape index (κ3) is 5.76. The molecule has 0 aliphatic carbocycles. The lowest BCUT2D eigenvalue weighted by molar-refractivity contribution is -0.118. The van der Waals surface area contributed by atoms with Crippen LogP contribution in [0.5, 0.6) is 5.75 Å². The summed E-state index contributed by atoms with van der Waals surface area (Å²) in [6.45, 7) is 10.8. The van der Waals surface area contributed by atoms with Crippen LogP contribution in [0.2, 0.25) is 0 Å². The van der Waals surface area contributed by atoms with Gasteiger partial charge in [0, 0.05) is 9.89 Å². The maximum absolute atomic E-state index is 12.4. The highest BCUT2D eigenvalue weighted by atomic mass is 79.9. The Kier molecular flexibility index (Phi) is 6.90. The molecule has 3 aromatic rings. The second-order valence-electron chi connectivity index (χ2n) is 9.30. The zero-order valence-electron chi connectivity index (χ0n) is 18.8. The summed E-state index contributed by atoms with van der Waals surface area (Å²) in [6, 6.07) is 24.4. The first-order valence-electron chi connectivity index (χ1n) is 10.5. The summed E-state index contributed by atoms with van der Waals surface area (Å²) in [4.78, 5) is 12.4. The van der Waals surface area contributed by atoms with Crippen LogP contribution in [0.1, 0.15) is 51.3 Å². The van der Waals surface area contributed by atoms with E-state index in [1.54, 1.807) is 0 Å². The van der Waals surface area contributed by atoms with Crippen LogP contribution in [-0.2, 0) is 15.6 Å². The van der Waals surface area contributed by atoms with Crippen molar-refractivity contribution in [2.45, 2.75) is 45.4 Å². The van der Waals surface area contributed by atoms with Gasteiger partial charge >= 0.3 is 0 Å². The molecule has 0 heterocycles. The maximum Gasteiger partial charge on any atom is 0.262 e. The molecule has 0 atom stereocenters. The molecule has 3 rings (SSSR count). The van der Waals surface area contributed by atoms with Gasteiger partial charge < -0.3 is 10.1 Å². The van der Waals surface area contributed by atoms with Crippen molar-refractivity contribution in [2.75, 3.05) is 11.9 Å². The molecule has 0 spiro atoms. The summed E-state index contributed by atoms with van der Waals surface area (Å²) >= 11 is 3.55. The van der Waals surface area contributed by atoms with Crippen LogP contribution in [0.25, 0.3) is 0 Å². The van der Waals surface area contributed by atoms with E-state index < -0.39 is 0 Å². The lowest BCUT2D eigenvalue weighted by Gasteiger charge is -2.26. The lowest BCUT2D eigenvalue weighted by atomic mass is 9.78. The highest BCUT2D eigenvalue weighted by Crippen LogP contribution is 2.32. The Morgan fingerprint density at radius 1 is 0.839 bits per heavy atom. The van der Waals surface area contributed by atoms with Crippen molar-refractivity contribution in [3.8, 4) is 5.75 Å². The zero-order valence-corrected chi connectivity index (χ0v) is 20.4. The minimum atomic E-state index is -0.196. The molecule has 3 aromatic carbocycles. The molecule has 0 unspecified atom stereocenters. The number of rotatable bonds is 6. The number of nitrogens with one attached hydrogen (secondary N) is 1. The number of hydrogen-bond acceptors (Lipinski definition) is 2. The van der Waals surface area contributed by atoms with Crippen LogP contribution in [0.3, 0.4) is 0 Å². The van der Waals surface area contributed by atoms with Crippen molar-refractivity contribution in [1.29, 1.82) is 0 Å². The number of carbonyl (C=O) groups excluding carboxylic acids is 1. The third-order valence-corrected chi connectivity index (χ3v) is 6.21. The molecule has 0 saturated heterocycles. The van der Waals surface area contributed by atoms with Gasteiger partial charge in [0.25, 0.3) is 5.91 Å². The number of hydrogen-bond donors (Lipinski definition) is 1. The normalized spacial score (nSPS) is 11.8. The van der Waals surface area contributed by atoms with E-state index in [0.29, 0.717) is 5.75 Å². The van der Waals surface area contributed by atoms with Gasteiger partial charge in [-0.05, 0) is 62.3 Å². The fraction of sp³-hybridized carbons (Fsp3) is 0.296. The summed E-state index contributed by atoms with van der Waals surface area (Å²) in [5.74, 6) is 0.475. The first-order chi connectivity index (χ1) is 14.6. The van der Waals surface area contributed by atoms with Gasteiger partial charge in [-0.15, -0.1) is 0 Å². The minimum absolute atomic E-state index is 0.0467. The van der Waals surface area contributed by atoms with Crippen LogP contribution in [0.4, 0.5) is 5.69 Å². The van der Waals surface area contributed by atoms with Crippen molar-refractivity contribution in [3.63, 3.8) is 0 Å². The SMILES string of the molecule is CC(C)(C)c1ccc(NC(=O)COc2ccc(C(C)(C)c3ccccc3)cc2)c(Br)c1. The fourth-order valence-electron chi connectivity index (χ4n) is 3.41. The average Bonchev–Trinajstić information content (AvgIpc) is 2.74. The number of benzene rings is 3. The molecule has 31 heavy (non-hydrogen) atoms. The summed E-state index contributed by atoms with van der Waals surface area (Å²) in [5.41, 5.74) is 4.33. The quantitative estimate of drug-likeness (QED) is 0.409. The van der Waals surface area contributed by atoms with Crippen LogP contribution in [0.15, 0.2) is 77.3 Å². The van der Waals surface area contributed by atoms with Gasteiger partial charge in [0.1, 0.15) is 5.75 Å². The molecule has 1 N–H and O–H groups in total. The van der Waals surface area contributed by atoms with E-state index in [-0.39, 0.29) is 23.3 Å². The largest absolute Gasteiger partial charge is 0.484 e. The second-order valence-corrected chi connectivity index (χ2v) is 10.2. The zero-order chi connectivity index (χ0) is 22.6. The molecule has 3 nitrogen and oxygen atoms in total. The average molecular weight is 480 g/mol. The predicted molar refractivity (Wildman–Crippen MR) is 132 cm³/mol. The molecule has 0 fully saturated rings. The molecule has 0 aliphatic rings. The molecule has 1 amide bonds. The highest BCUT2D eigenvalue weighted by molar-refractivity contribution is 9.10. The van der Waals surface area contributed by atoms with E-state index >= 15 is 0 Å². The van der Waals surface area contributed by atoms with Gasteiger partial charge in [-0.2, -0.15) is 0 Å². The number of ether oxygens (including phenoxy) is 1. The van der Waals surface area contributed by atoms with E-state index in [0.717, 1.165) is 10.2 Å². The van der Waals surface area contributed by atoms with E-state index in [9.17, 15) is 4.79 Å². The van der Waals surface area contributed by atoms with Gasteiger partial charge in [0.15, 0.2) is 6.61 Å². The lowest BCUT2D eigenvalue weighted by Crippen LogP contribution is -2.21. The number of amides is 1. The number of halogens is 1. The van der Waals surface area contributed by atoms with Crippen LogP contribution in [-0.4, -0.2) is 12.5 Å². The third-order valence-electron chi connectivity index (χ3n) is 5.55. The topological polar surface area (TPSA) is 38.3 Å².